The van der Waals surface area contributed by atoms with Crippen LogP contribution in [-0.4, -0.2) is 40.8 Å². The van der Waals surface area contributed by atoms with Gasteiger partial charge in [0, 0.05) is 36.1 Å². The van der Waals surface area contributed by atoms with E-state index in [4.69, 9.17) is 5.11 Å². The van der Waals surface area contributed by atoms with Gasteiger partial charge < -0.3 is 20.4 Å². The van der Waals surface area contributed by atoms with Crippen molar-refractivity contribution in [3.63, 3.8) is 0 Å². The van der Waals surface area contributed by atoms with Gasteiger partial charge in [0.05, 0.1) is 12.2 Å². The quantitative estimate of drug-likeness (QED) is 0.642. The first-order valence-electron chi connectivity index (χ1n) is 9.06. The predicted molar refractivity (Wildman–Crippen MR) is 101 cm³/mol. The highest BCUT2D eigenvalue weighted by molar-refractivity contribution is 6.04. The van der Waals surface area contributed by atoms with Crippen molar-refractivity contribution in [2.24, 2.45) is 0 Å². The Morgan fingerprint density at radius 3 is 2.50 bits per heavy atom. The average molecular weight is 425 g/mol. The SMILES string of the molecule is O=C(Nc1ccc(C(F)(F)F)cc1)C1=CCN(c2ncc([C@H](O)CO)cc2F)CC1. The number of nitrogens with one attached hydrogen (secondary N) is 1. The number of halogens is 4. The minimum absolute atomic E-state index is 0.0577. The first kappa shape index (κ1) is 21.7. The summed E-state index contributed by atoms with van der Waals surface area (Å²) in [4.78, 5) is 18.0. The number of hydrogen-bond donors (Lipinski definition) is 3. The average Bonchev–Trinajstić information content (AvgIpc) is 2.73. The van der Waals surface area contributed by atoms with Gasteiger partial charge in [0.15, 0.2) is 11.6 Å². The minimum atomic E-state index is -4.45. The molecule has 1 aliphatic heterocycles. The number of carbonyl (C=O) groups excluding carboxylic acids is 1. The van der Waals surface area contributed by atoms with E-state index in [1.807, 2.05) is 0 Å². The van der Waals surface area contributed by atoms with Crippen LogP contribution >= 0.6 is 0 Å². The van der Waals surface area contributed by atoms with Crippen LogP contribution in [0.25, 0.3) is 0 Å². The molecule has 10 heteroatoms. The minimum Gasteiger partial charge on any atom is -0.393 e. The lowest BCUT2D eigenvalue weighted by Crippen LogP contribution is -2.32. The topological polar surface area (TPSA) is 85.7 Å². The van der Waals surface area contributed by atoms with E-state index in [1.54, 1.807) is 11.0 Å². The monoisotopic (exact) mass is 425 g/mol. The smallest absolute Gasteiger partial charge is 0.393 e. The summed E-state index contributed by atoms with van der Waals surface area (Å²) in [6.45, 7) is -0.0377. The molecule has 160 valence electrons. The zero-order chi connectivity index (χ0) is 21.9. The standard InChI is InChI=1S/C20H19F4N3O3/c21-16-9-13(17(29)11-28)10-25-18(16)27-7-5-12(6-8-27)19(30)26-15-3-1-14(2-4-15)20(22,23)24/h1-5,9-10,17,28-29H,6-8,11H2,(H,26,30)/t17-/m1/s1. The number of rotatable bonds is 5. The number of pyridine rings is 1. The molecule has 1 aromatic heterocycles. The molecule has 1 aromatic carbocycles. The molecule has 6 nitrogen and oxygen atoms in total. The molecule has 1 atom stereocenters. The number of hydrogen-bond acceptors (Lipinski definition) is 5. The van der Waals surface area contributed by atoms with E-state index in [-0.39, 0.29) is 30.0 Å². The maximum absolute atomic E-state index is 14.3. The maximum atomic E-state index is 14.3. The van der Waals surface area contributed by atoms with E-state index in [0.717, 1.165) is 18.2 Å². The Labute approximate surface area is 169 Å². The number of alkyl halides is 3. The summed E-state index contributed by atoms with van der Waals surface area (Å²) in [6, 6.07) is 5.23. The molecule has 0 unspecified atom stereocenters. The van der Waals surface area contributed by atoms with Crippen molar-refractivity contribution in [2.45, 2.75) is 18.7 Å². The van der Waals surface area contributed by atoms with E-state index in [9.17, 15) is 27.5 Å². The molecular weight excluding hydrogens is 406 g/mol. The molecule has 3 N–H and O–H groups in total. The Morgan fingerprint density at radius 1 is 1.27 bits per heavy atom. The van der Waals surface area contributed by atoms with Crippen LogP contribution < -0.4 is 10.2 Å². The van der Waals surface area contributed by atoms with Crippen molar-refractivity contribution in [3.8, 4) is 0 Å². The van der Waals surface area contributed by atoms with Crippen LogP contribution in [0, 0.1) is 5.82 Å². The number of aliphatic hydroxyl groups is 2. The Morgan fingerprint density at radius 2 is 1.97 bits per heavy atom. The van der Waals surface area contributed by atoms with E-state index < -0.39 is 36.2 Å². The molecule has 30 heavy (non-hydrogen) atoms. The predicted octanol–water partition coefficient (Wildman–Crippen LogP) is 3.04. The summed E-state index contributed by atoms with van der Waals surface area (Å²) in [6.07, 6.45) is -2.51. The van der Waals surface area contributed by atoms with Crippen LogP contribution in [-0.2, 0) is 11.0 Å². The maximum Gasteiger partial charge on any atom is 0.416 e. The van der Waals surface area contributed by atoms with Gasteiger partial charge in [-0.15, -0.1) is 0 Å². The fraction of sp³-hybridized carbons (Fsp3) is 0.300. The molecule has 0 bridgehead atoms. The molecule has 2 aromatic rings. The summed E-state index contributed by atoms with van der Waals surface area (Å²) in [7, 11) is 0. The number of nitrogens with zero attached hydrogens (tertiary/aromatic N) is 2. The molecule has 0 aliphatic carbocycles. The van der Waals surface area contributed by atoms with Gasteiger partial charge >= 0.3 is 6.18 Å². The third kappa shape index (κ3) is 4.95. The highest BCUT2D eigenvalue weighted by Crippen LogP contribution is 2.30. The van der Waals surface area contributed by atoms with Gasteiger partial charge in [0.1, 0.15) is 6.10 Å². The fourth-order valence-electron chi connectivity index (χ4n) is 2.99. The lowest BCUT2D eigenvalue weighted by atomic mass is 10.1. The van der Waals surface area contributed by atoms with Gasteiger partial charge in [0.2, 0.25) is 0 Å². The van der Waals surface area contributed by atoms with E-state index in [2.05, 4.69) is 10.3 Å². The summed E-state index contributed by atoms with van der Waals surface area (Å²) in [5, 5.41) is 21.0. The summed E-state index contributed by atoms with van der Waals surface area (Å²) < 4.78 is 52.1. The highest BCUT2D eigenvalue weighted by atomic mass is 19.4. The molecule has 0 saturated carbocycles. The molecule has 0 radical (unpaired) electrons. The Hall–Kier alpha value is -2.98. The number of benzene rings is 1. The molecule has 0 spiro atoms. The van der Waals surface area contributed by atoms with Crippen LogP contribution in [0.15, 0.2) is 48.2 Å². The first-order chi connectivity index (χ1) is 14.2. The fourth-order valence-corrected chi connectivity index (χ4v) is 2.99. The zero-order valence-electron chi connectivity index (χ0n) is 15.7. The second-order valence-corrected chi connectivity index (χ2v) is 6.73. The molecule has 3 rings (SSSR count). The van der Waals surface area contributed by atoms with Gasteiger partial charge in [-0.1, -0.05) is 6.08 Å². The van der Waals surface area contributed by atoms with Gasteiger partial charge in [0.25, 0.3) is 5.91 Å². The van der Waals surface area contributed by atoms with Gasteiger partial charge in [-0.05, 0) is 36.8 Å². The van der Waals surface area contributed by atoms with Crippen molar-refractivity contribution in [2.75, 3.05) is 29.9 Å². The number of aliphatic hydroxyl groups excluding tert-OH is 2. The molecule has 2 heterocycles. The van der Waals surface area contributed by atoms with Crippen molar-refractivity contribution >= 4 is 17.4 Å². The van der Waals surface area contributed by atoms with Crippen molar-refractivity contribution in [1.29, 1.82) is 0 Å². The molecule has 0 saturated heterocycles. The molecular formula is C20H19F4N3O3. The number of carbonyl (C=O) groups is 1. The Kier molecular flexibility index (Phi) is 6.37. The highest BCUT2D eigenvalue weighted by Gasteiger charge is 2.30. The van der Waals surface area contributed by atoms with Crippen LogP contribution in [0.5, 0.6) is 0 Å². The van der Waals surface area contributed by atoms with Gasteiger partial charge in [-0.3, -0.25) is 4.79 Å². The normalized spacial score (nSPS) is 15.5. The molecule has 0 fully saturated rings. The van der Waals surface area contributed by atoms with Crippen LogP contribution in [0.4, 0.5) is 29.1 Å². The Bertz CT molecular complexity index is 945. The second-order valence-electron chi connectivity index (χ2n) is 6.73. The largest absolute Gasteiger partial charge is 0.416 e. The van der Waals surface area contributed by atoms with Crippen LogP contribution in [0.1, 0.15) is 23.7 Å². The van der Waals surface area contributed by atoms with Crippen molar-refractivity contribution < 1.29 is 32.6 Å². The summed E-state index contributed by atoms with van der Waals surface area (Å²) >= 11 is 0. The second kappa shape index (κ2) is 8.80. The van der Waals surface area contributed by atoms with Crippen LogP contribution in [0.2, 0.25) is 0 Å². The van der Waals surface area contributed by atoms with Gasteiger partial charge in [-0.25, -0.2) is 9.37 Å². The third-order valence-electron chi connectivity index (χ3n) is 4.67. The lowest BCUT2D eigenvalue weighted by molar-refractivity contribution is -0.137. The number of amides is 1. The zero-order valence-corrected chi connectivity index (χ0v) is 15.7. The molecule has 1 amide bonds. The van der Waals surface area contributed by atoms with E-state index in [1.165, 1.54) is 18.3 Å². The first-order valence-corrected chi connectivity index (χ1v) is 9.06. The third-order valence-corrected chi connectivity index (χ3v) is 4.67. The summed E-state index contributed by atoms with van der Waals surface area (Å²) in [5.41, 5.74) is 0.0175. The van der Waals surface area contributed by atoms with E-state index in [0.29, 0.717) is 12.1 Å². The summed E-state index contributed by atoms with van der Waals surface area (Å²) in [5.74, 6) is -1.04. The van der Waals surface area contributed by atoms with Crippen molar-refractivity contribution in [1.82, 2.24) is 4.98 Å². The number of anilines is 2. The number of aromatic nitrogens is 1. The van der Waals surface area contributed by atoms with Crippen molar-refractivity contribution in [3.05, 3.63) is 65.1 Å². The van der Waals surface area contributed by atoms with Gasteiger partial charge in [-0.2, -0.15) is 13.2 Å². The lowest BCUT2D eigenvalue weighted by Gasteiger charge is -2.27. The Balaban J connectivity index is 1.63. The van der Waals surface area contributed by atoms with E-state index >= 15 is 0 Å². The molecule has 1 aliphatic rings. The van der Waals surface area contributed by atoms with Crippen LogP contribution in [0.3, 0.4) is 0 Å².